The van der Waals surface area contributed by atoms with E-state index in [0.717, 1.165) is 23.4 Å². The lowest BCUT2D eigenvalue weighted by molar-refractivity contribution is -0.118. The van der Waals surface area contributed by atoms with E-state index in [1.165, 1.54) is 0 Å². The fourth-order valence-corrected chi connectivity index (χ4v) is 2.66. The molecule has 0 bridgehead atoms. The van der Waals surface area contributed by atoms with E-state index in [-0.39, 0.29) is 6.04 Å². The van der Waals surface area contributed by atoms with Crippen molar-refractivity contribution in [1.82, 2.24) is 0 Å². The quantitative estimate of drug-likeness (QED) is 0.688. The summed E-state index contributed by atoms with van der Waals surface area (Å²) in [6.07, 6.45) is 0.828. The number of para-hydroxylation sites is 1. The third kappa shape index (κ3) is 5.50. The molecule has 134 valence electrons. The van der Waals surface area contributed by atoms with Crippen LogP contribution in [0.5, 0.6) is 5.75 Å². The Labute approximate surface area is 149 Å². The Morgan fingerprint density at radius 1 is 1.12 bits per heavy atom. The Kier molecular flexibility index (Phi) is 6.83. The Morgan fingerprint density at radius 2 is 1.84 bits per heavy atom. The van der Waals surface area contributed by atoms with Crippen LogP contribution < -0.4 is 15.4 Å². The molecule has 0 aromatic heterocycles. The van der Waals surface area contributed by atoms with E-state index in [2.05, 4.69) is 30.5 Å². The van der Waals surface area contributed by atoms with Crippen molar-refractivity contribution >= 4 is 17.3 Å². The number of anilines is 2. The Hall–Kier alpha value is -2.53. The first kappa shape index (κ1) is 18.8. The highest BCUT2D eigenvalue weighted by Crippen LogP contribution is 2.24. The van der Waals surface area contributed by atoms with Crippen LogP contribution in [-0.4, -0.2) is 30.8 Å². The minimum Gasteiger partial charge on any atom is -0.496 e. The molecule has 5 heteroatoms. The van der Waals surface area contributed by atoms with Crippen molar-refractivity contribution in [3.05, 3.63) is 54.1 Å². The molecule has 2 aromatic rings. The van der Waals surface area contributed by atoms with Gasteiger partial charge in [0.05, 0.1) is 7.11 Å². The van der Waals surface area contributed by atoms with Gasteiger partial charge >= 0.3 is 0 Å². The zero-order valence-electron chi connectivity index (χ0n) is 15.0. The maximum absolute atomic E-state index is 11.3. The highest BCUT2D eigenvalue weighted by atomic mass is 16.5. The zero-order chi connectivity index (χ0) is 18.2. The Morgan fingerprint density at radius 3 is 2.52 bits per heavy atom. The summed E-state index contributed by atoms with van der Waals surface area (Å²) in [5.74, 6) is 0.867. The van der Waals surface area contributed by atoms with Gasteiger partial charge in [0, 0.05) is 17.4 Å². The van der Waals surface area contributed by atoms with Crippen LogP contribution in [0.4, 0.5) is 11.4 Å². The number of benzene rings is 2. The lowest BCUT2D eigenvalue weighted by atomic mass is 9.95. The summed E-state index contributed by atoms with van der Waals surface area (Å²) in [4.78, 5) is 11.3. The number of aliphatic hydroxyl groups is 1. The second kappa shape index (κ2) is 9.08. The van der Waals surface area contributed by atoms with Crippen molar-refractivity contribution < 1.29 is 14.6 Å². The number of carbonyl (C=O) groups excluding carboxylic acids is 1. The van der Waals surface area contributed by atoms with Crippen LogP contribution in [0.2, 0.25) is 0 Å². The second-order valence-electron chi connectivity index (χ2n) is 6.30. The third-order valence-corrected chi connectivity index (χ3v) is 4.08. The molecule has 0 saturated carbocycles. The number of hydrogen-bond donors (Lipinski definition) is 3. The van der Waals surface area contributed by atoms with Gasteiger partial charge in [0.2, 0.25) is 5.91 Å². The minimum atomic E-state index is -0.528. The number of aliphatic hydroxyl groups excluding tert-OH is 1. The number of amides is 1. The molecule has 5 nitrogen and oxygen atoms in total. The fourth-order valence-electron chi connectivity index (χ4n) is 2.66. The largest absolute Gasteiger partial charge is 0.496 e. The maximum atomic E-state index is 11.3. The molecule has 0 heterocycles. The number of nitrogens with one attached hydrogen (secondary N) is 2. The van der Waals surface area contributed by atoms with E-state index in [1.54, 1.807) is 13.2 Å². The lowest BCUT2D eigenvalue weighted by Gasteiger charge is -2.25. The lowest BCUT2D eigenvalue weighted by Crippen LogP contribution is -2.28. The highest BCUT2D eigenvalue weighted by molar-refractivity contribution is 5.91. The second-order valence-corrected chi connectivity index (χ2v) is 6.30. The van der Waals surface area contributed by atoms with Gasteiger partial charge in [-0.3, -0.25) is 4.79 Å². The first-order valence-corrected chi connectivity index (χ1v) is 8.42. The van der Waals surface area contributed by atoms with Crippen LogP contribution >= 0.6 is 0 Å². The molecule has 0 saturated heterocycles. The van der Waals surface area contributed by atoms with Gasteiger partial charge in [-0.1, -0.05) is 38.1 Å². The van der Waals surface area contributed by atoms with Gasteiger partial charge in [-0.2, -0.15) is 0 Å². The first-order chi connectivity index (χ1) is 12.0. The minimum absolute atomic E-state index is 0.208. The zero-order valence-corrected chi connectivity index (χ0v) is 15.0. The monoisotopic (exact) mass is 342 g/mol. The highest BCUT2D eigenvalue weighted by Gasteiger charge is 2.16. The molecule has 25 heavy (non-hydrogen) atoms. The average Bonchev–Trinajstić information content (AvgIpc) is 2.61. The number of hydrogen-bond acceptors (Lipinski definition) is 4. The van der Waals surface area contributed by atoms with Crippen molar-refractivity contribution in [2.45, 2.75) is 26.3 Å². The summed E-state index contributed by atoms with van der Waals surface area (Å²) in [5, 5.41) is 15.1. The summed E-state index contributed by atoms with van der Waals surface area (Å²) in [7, 11) is 1.68. The molecule has 0 aliphatic carbocycles. The van der Waals surface area contributed by atoms with Gasteiger partial charge in [-0.15, -0.1) is 0 Å². The topological polar surface area (TPSA) is 70.6 Å². The van der Waals surface area contributed by atoms with Crippen molar-refractivity contribution in [2.24, 2.45) is 5.92 Å². The molecular weight excluding hydrogens is 316 g/mol. The molecule has 0 spiro atoms. The molecule has 0 aliphatic heterocycles. The molecular formula is C20H26N2O3. The maximum Gasteiger partial charge on any atom is 0.250 e. The van der Waals surface area contributed by atoms with Gasteiger partial charge in [0.1, 0.15) is 12.4 Å². The predicted octanol–water partition coefficient (Wildman–Crippen LogP) is 3.31. The number of methoxy groups -OCH3 is 1. The average molecular weight is 342 g/mol. The number of rotatable bonds is 8. The fraction of sp³-hybridized carbons (Fsp3) is 0.350. The smallest absolute Gasteiger partial charge is 0.250 e. The van der Waals surface area contributed by atoms with Crippen LogP contribution in [0.15, 0.2) is 48.5 Å². The summed E-state index contributed by atoms with van der Waals surface area (Å²) in [5.41, 5.74) is 2.73. The molecule has 2 rings (SSSR count). The van der Waals surface area contributed by atoms with Crippen LogP contribution in [0.1, 0.15) is 19.4 Å². The molecule has 0 aliphatic rings. The van der Waals surface area contributed by atoms with Crippen molar-refractivity contribution in [3.8, 4) is 5.75 Å². The SMILES string of the molecule is COc1ccccc1CC(Nc1cccc(NC(=O)CO)c1)C(C)C. The third-order valence-electron chi connectivity index (χ3n) is 4.08. The molecule has 1 unspecified atom stereocenters. The summed E-state index contributed by atoms with van der Waals surface area (Å²) in [6.45, 7) is 3.81. The number of carbonyl (C=O) groups is 1. The molecule has 0 radical (unpaired) electrons. The molecule has 1 atom stereocenters. The van der Waals surface area contributed by atoms with E-state index in [9.17, 15) is 4.79 Å². The van der Waals surface area contributed by atoms with E-state index in [1.807, 2.05) is 36.4 Å². The van der Waals surface area contributed by atoms with E-state index < -0.39 is 12.5 Å². The van der Waals surface area contributed by atoms with Crippen molar-refractivity contribution in [1.29, 1.82) is 0 Å². The first-order valence-electron chi connectivity index (χ1n) is 8.42. The predicted molar refractivity (Wildman–Crippen MR) is 101 cm³/mol. The Bertz CT molecular complexity index is 701. The van der Waals surface area contributed by atoms with E-state index in [4.69, 9.17) is 9.84 Å². The summed E-state index contributed by atoms with van der Waals surface area (Å²) >= 11 is 0. The van der Waals surface area contributed by atoms with Crippen LogP contribution in [0, 0.1) is 5.92 Å². The Balaban J connectivity index is 2.14. The van der Waals surface area contributed by atoms with E-state index >= 15 is 0 Å². The molecule has 1 amide bonds. The van der Waals surface area contributed by atoms with Gasteiger partial charge in [-0.25, -0.2) is 0 Å². The van der Waals surface area contributed by atoms with Crippen LogP contribution in [0.25, 0.3) is 0 Å². The van der Waals surface area contributed by atoms with Crippen LogP contribution in [-0.2, 0) is 11.2 Å². The number of ether oxygens (including phenoxy) is 1. The standard InChI is InChI=1S/C20H26N2O3/c1-14(2)18(11-15-7-4-5-10-19(15)25-3)21-16-8-6-9-17(12-16)22-20(24)13-23/h4-10,12,14,18,21,23H,11,13H2,1-3H3,(H,22,24). The van der Waals surface area contributed by atoms with Crippen LogP contribution in [0.3, 0.4) is 0 Å². The molecule has 2 aromatic carbocycles. The molecule has 3 N–H and O–H groups in total. The van der Waals surface area contributed by atoms with Gasteiger partial charge in [0.25, 0.3) is 0 Å². The van der Waals surface area contributed by atoms with Gasteiger partial charge < -0.3 is 20.5 Å². The van der Waals surface area contributed by atoms with Gasteiger partial charge in [0.15, 0.2) is 0 Å². The molecule has 0 fully saturated rings. The van der Waals surface area contributed by atoms with Crippen molar-refractivity contribution in [2.75, 3.05) is 24.4 Å². The van der Waals surface area contributed by atoms with Gasteiger partial charge in [-0.05, 0) is 42.2 Å². The summed E-state index contributed by atoms with van der Waals surface area (Å²) in [6, 6.07) is 15.7. The normalized spacial score (nSPS) is 11.9. The van der Waals surface area contributed by atoms with Crippen molar-refractivity contribution in [3.63, 3.8) is 0 Å². The van der Waals surface area contributed by atoms with E-state index in [0.29, 0.717) is 11.6 Å². The summed E-state index contributed by atoms with van der Waals surface area (Å²) < 4.78 is 5.45.